The van der Waals surface area contributed by atoms with Gasteiger partial charge < -0.3 is 47.9 Å². The average Bonchev–Trinajstić information content (AvgIpc) is 3.63. The van der Waals surface area contributed by atoms with E-state index in [-0.39, 0.29) is 45.6 Å². The molecule has 0 bridgehead atoms. The summed E-state index contributed by atoms with van der Waals surface area (Å²) in [6.07, 6.45) is 8.18. The van der Waals surface area contributed by atoms with Gasteiger partial charge in [0.05, 0.1) is 23.7 Å². The summed E-state index contributed by atoms with van der Waals surface area (Å²) in [5.74, 6) is -2.73. The van der Waals surface area contributed by atoms with Crippen molar-refractivity contribution in [1.29, 1.82) is 0 Å². The molecule has 2 aliphatic carbocycles. The largest absolute Gasteiger partial charge is 0.481 e. The van der Waals surface area contributed by atoms with Crippen LogP contribution in [0, 0.1) is 23.7 Å². The molecule has 2 fully saturated rings. The first kappa shape index (κ1) is 63.4. The van der Waals surface area contributed by atoms with Gasteiger partial charge in [-0.2, -0.15) is 0 Å². The van der Waals surface area contributed by atoms with Crippen molar-refractivity contribution >= 4 is 52.7 Å². The Morgan fingerprint density at radius 2 is 1.08 bits per heavy atom. The summed E-state index contributed by atoms with van der Waals surface area (Å²) >= 11 is 0. The minimum absolute atomic E-state index is 0. The molecule has 64 heavy (non-hydrogen) atoms. The number of Topliss-reactive ketones (excluding diaryl/α,β-unsaturated/α-hetero) is 1. The van der Waals surface area contributed by atoms with E-state index in [1.807, 2.05) is 79.7 Å². The number of hydrogen-bond acceptors (Lipinski definition) is 7. The third kappa shape index (κ3) is 23.2. The zero-order valence-electron chi connectivity index (χ0n) is 38.4. The Kier molecular flexibility index (Phi) is 32.4. The Hall–Kier alpha value is -4.88. The number of carboxylic acids is 4. The van der Waals surface area contributed by atoms with Crippen molar-refractivity contribution < 1.29 is 60.8 Å². The molecule has 0 amide bonds. The van der Waals surface area contributed by atoms with Crippen LogP contribution in [0.5, 0.6) is 0 Å². The Labute approximate surface area is 389 Å². The molecule has 14 nitrogen and oxygen atoms in total. The molecular formula is C49H74AlN2O12. The van der Waals surface area contributed by atoms with Crippen molar-refractivity contribution in [3.8, 4) is 0 Å². The number of carboxylic acid groups (broad SMARTS) is 4. The predicted octanol–water partition coefficient (Wildman–Crippen LogP) is 6.70. The number of nitrogens with one attached hydrogen (secondary N) is 1. The topological polar surface area (TPSA) is 299 Å². The molecule has 3 aromatic rings. The van der Waals surface area contributed by atoms with Crippen molar-refractivity contribution in [1.82, 2.24) is 0 Å². The smallest absolute Gasteiger partial charge is 0.310 e. The minimum atomic E-state index is -0.811. The minimum Gasteiger partial charge on any atom is -0.481 e. The molecule has 0 spiro atoms. The predicted molar refractivity (Wildman–Crippen MR) is 254 cm³/mol. The van der Waals surface area contributed by atoms with Crippen LogP contribution in [0.1, 0.15) is 132 Å². The third-order valence-electron chi connectivity index (χ3n) is 11.2. The third-order valence-corrected chi connectivity index (χ3v) is 11.2. The highest BCUT2D eigenvalue weighted by atomic mass is 27.0. The van der Waals surface area contributed by atoms with E-state index in [9.17, 15) is 24.0 Å². The van der Waals surface area contributed by atoms with Gasteiger partial charge in [0.25, 0.3) is 0 Å². The molecule has 15 heteroatoms. The number of aliphatic carboxylic acids is 4. The standard InChI is InChI=1S/C15H18O3.C13H17NO2.C13H18O2.C8H15NO2.Al.3H2O/c1-10(15(17)18)12-7-5-11(6-8-12)9-13-3-2-4-14(13)16;1-9(2)8-14-12-6-4-11(5-7-12)10(3)13(15)16;1-9(2)8-11-4-6-12(7-5-11)10(3)13(14)15;9-5-6-1-3-7(4-2-6)8(10)11;;;;/h5-8,10,13H,2-4,9H2,1H3,(H,17,18);4-7,10,14H,1,8H2,2-3H3,(H,15,16);4-7,9-10H,8H2,1-3H3,(H,14,15);6-7H,1-5,9H2,(H,10,11);;3*1H2. The van der Waals surface area contributed by atoms with E-state index in [1.165, 1.54) is 5.56 Å². The zero-order valence-corrected chi connectivity index (χ0v) is 39.6. The fourth-order valence-corrected chi connectivity index (χ4v) is 6.96. The van der Waals surface area contributed by atoms with E-state index in [4.69, 9.17) is 26.2 Å². The van der Waals surface area contributed by atoms with Gasteiger partial charge in [0, 0.05) is 41.9 Å². The molecule has 355 valence electrons. The summed E-state index contributed by atoms with van der Waals surface area (Å²) < 4.78 is 0. The molecule has 5 rings (SSSR count). The lowest BCUT2D eigenvalue weighted by Gasteiger charge is -2.24. The quantitative estimate of drug-likeness (QED) is 0.0688. The van der Waals surface area contributed by atoms with Crippen LogP contribution in [0.25, 0.3) is 0 Å². The normalized spacial score (nSPS) is 17.3. The van der Waals surface area contributed by atoms with Crippen LogP contribution in [-0.2, 0) is 36.8 Å². The lowest BCUT2D eigenvalue weighted by molar-refractivity contribution is -0.143. The molecule has 2 aliphatic rings. The maximum absolute atomic E-state index is 11.6. The zero-order chi connectivity index (χ0) is 44.9. The molecule has 2 saturated carbocycles. The van der Waals surface area contributed by atoms with Gasteiger partial charge in [-0.15, -0.1) is 0 Å². The Morgan fingerprint density at radius 3 is 1.41 bits per heavy atom. The van der Waals surface area contributed by atoms with Crippen molar-refractivity contribution in [2.75, 3.05) is 18.4 Å². The number of nitrogens with two attached hydrogens (primary N) is 1. The average molecular weight is 910 g/mol. The highest BCUT2D eigenvalue weighted by Crippen LogP contribution is 2.28. The van der Waals surface area contributed by atoms with E-state index >= 15 is 0 Å². The Morgan fingerprint density at radius 1 is 0.672 bits per heavy atom. The number of anilines is 1. The number of rotatable bonds is 15. The molecule has 4 unspecified atom stereocenters. The molecule has 0 saturated heterocycles. The molecule has 3 aromatic carbocycles. The van der Waals surface area contributed by atoms with Gasteiger partial charge in [0.15, 0.2) is 0 Å². The highest BCUT2D eigenvalue weighted by molar-refractivity contribution is 5.83. The monoisotopic (exact) mass is 910 g/mol. The first-order valence-electron chi connectivity index (χ1n) is 21.1. The first-order chi connectivity index (χ1) is 28.3. The lowest BCUT2D eigenvalue weighted by Crippen LogP contribution is -2.25. The van der Waals surface area contributed by atoms with E-state index < -0.39 is 41.6 Å². The molecule has 0 aliphatic heterocycles. The molecule has 0 aromatic heterocycles. The van der Waals surface area contributed by atoms with E-state index in [0.717, 1.165) is 97.8 Å². The van der Waals surface area contributed by atoms with Gasteiger partial charge in [-0.3, -0.25) is 24.0 Å². The Balaban J connectivity index is -0.000000769. The second-order valence-corrected chi connectivity index (χ2v) is 16.7. The van der Waals surface area contributed by atoms with Crippen LogP contribution >= 0.6 is 0 Å². The van der Waals surface area contributed by atoms with Gasteiger partial charge in [-0.05, 0) is 137 Å². The summed E-state index contributed by atoms with van der Waals surface area (Å²) in [5.41, 5.74) is 12.4. The van der Waals surface area contributed by atoms with Crippen molar-refractivity contribution in [3.63, 3.8) is 0 Å². The number of carbonyl (C=O) groups is 5. The molecule has 13 N–H and O–H groups in total. The summed E-state index contributed by atoms with van der Waals surface area (Å²) in [6, 6.07) is 22.9. The molecule has 4 atom stereocenters. The maximum Gasteiger partial charge on any atom is 0.310 e. The number of benzene rings is 3. The lowest BCUT2D eigenvalue weighted by atomic mass is 9.82. The highest BCUT2D eigenvalue weighted by Gasteiger charge is 2.25. The van der Waals surface area contributed by atoms with Gasteiger partial charge >= 0.3 is 23.9 Å². The van der Waals surface area contributed by atoms with Crippen molar-refractivity contribution in [2.24, 2.45) is 29.4 Å². The van der Waals surface area contributed by atoms with Gasteiger partial charge in [-0.25, -0.2) is 0 Å². The van der Waals surface area contributed by atoms with Crippen LogP contribution in [0.4, 0.5) is 5.69 Å². The van der Waals surface area contributed by atoms with Crippen molar-refractivity contribution in [3.05, 3.63) is 113 Å². The Bertz CT molecular complexity index is 1830. The summed E-state index contributed by atoms with van der Waals surface area (Å²) in [4.78, 5) is 54.5. The van der Waals surface area contributed by atoms with Gasteiger partial charge in [-0.1, -0.05) is 86.7 Å². The van der Waals surface area contributed by atoms with Gasteiger partial charge in [0.2, 0.25) is 0 Å². The van der Waals surface area contributed by atoms with E-state index in [1.54, 1.807) is 20.8 Å². The van der Waals surface area contributed by atoms with Crippen LogP contribution in [0.3, 0.4) is 0 Å². The molecule has 3 radical (unpaired) electrons. The molecule has 0 heterocycles. The summed E-state index contributed by atoms with van der Waals surface area (Å²) in [6.45, 7) is 16.6. The maximum atomic E-state index is 11.6. The van der Waals surface area contributed by atoms with Crippen LogP contribution in [0.2, 0.25) is 0 Å². The second kappa shape index (κ2) is 32.7. The number of ketones is 1. The first-order valence-corrected chi connectivity index (χ1v) is 21.1. The van der Waals surface area contributed by atoms with Crippen molar-refractivity contribution in [2.45, 2.75) is 117 Å². The fraction of sp³-hybridized carbons (Fsp3) is 0.490. The van der Waals surface area contributed by atoms with Crippen LogP contribution in [-0.4, -0.2) is 97.0 Å². The van der Waals surface area contributed by atoms with Gasteiger partial charge in [0.1, 0.15) is 5.78 Å². The van der Waals surface area contributed by atoms with Crippen LogP contribution in [0.15, 0.2) is 84.9 Å². The van der Waals surface area contributed by atoms with Crippen LogP contribution < -0.4 is 11.1 Å². The SMILES string of the molecule is C=C(C)CNc1ccc(C(C)C(=O)O)cc1.CC(C(=O)O)c1ccc(CC2CCCC2=O)cc1.CC(C)Cc1ccc(C(C)C(=O)O)cc1.NCC1CCC(C(=O)O)CC1.O.O.O.[Al]. The fourth-order valence-electron chi connectivity index (χ4n) is 6.96. The number of carbonyl (C=O) groups excluding carboxylic acids is 1. The summed E-state index contributed by atoms with van der Waals surface area (Å²) in [7, 11) is 0. The van der Waals surface area contributed by atoms with E-state index in [2.05, 4.69) is 25.7 Å². The number of hydrogen-bond donors (Lipinski definition) is 6. The second-order valence-electron chi connectivity index (χ2n) is 16.7. The summed E-state index contributed by atoms with van der Waals surface area (Å²) in [5, 5.41) is 38.5. The van der Waals surface area contributed by atoms with E-state index in [0.29, 0.717) is 24.2 Å². The molecular weight excluding hydrogens is 836 g/mol.